The van der Waals surface area contributed by atoms with Crippen LogP contribution in [0.5, 0.6) is 0 Å². The van der Waals surface area contributed by atoms with Crippen molar-refractivity contribution >= 4 is 0 Å². The molecule has 2 aliphatic rings. The van der Waals surface area contributed by atoms with Crippen LogP contribution in [0.4, 0.5) is 4.39 Å². The van der Waals surface area contributed by atoms with Gasteiger partial charge < -0.3 is 10.6 Å². The topological polar surface area (TPSA) is 33.2 Å². The van der Waals surface area contributed by atoms with Gasteiger partial charge in [0, 0.05) is 18.8 Å². The van der Waals surface area contributed by atoms with Crippen molar-refractivity contribution in [3.8, 4) is 0 Å². The Morgan fingerprint density at radius 3 is 3.00 bits per heavy atom. The summed E-state index contributed by atoms with van der Waals surface area (Å²) in [5.74, 6) is 0.434. The van der Waals surface area contributed by atoms with E-state index in [9.17, 15) is 4.39 Å². The second-order valence-electron chi connectivity index (χ2n) is 5.44. The quantitative estimate of drug-likeness (QED) is 0.675. The van der Waals surface area contributed by atoms with Gasteiger partial charge in [0.15, 0.2) is 0 Å². The summed E-state index contributed by atoms with van der Waals surface area (Å²) < 4.78 is 14.2. The molecule has 0 spiro atoms. The number of hydrogen-bond donors (Lipinski definition) is 2. The van der Waals surface area contributed by atoms with Gasteiger partial charge in [0.25, 0.3) is 0 Å². The first-order valence-electron chi connectivity index (χ1n) is 7.24. The molecule has 0 aromatic heterocycles. The summed E-state index contributed by atoms with van der Waals surface area (Å²) in [6, 6.07) is 0.277. The van der Waals surface area contributed by atoms with Crippen LogP contribution in [-0.4, -0.2) is 19.1 Å². The number of halogens is 1. The lowest BCUT2D eigenvalue weighted by molar-refractivity contribution is -0.637. The second-order valence-corrected chi connectivity index (χ2v) is 5.44. The fourth-order valence-corrected chi connectivity index (χ4v) is 3.19. The SMILES string of the molecule is C=C[NH2+][C@@H](C=C)CC1=C([C@H]2CC[NH2+]C2)C(F)=CCC1. The molecule has 0 radical (unpaired) electrons. The summed E-state index contributed by atoms with van der Waals surface area (Å²) in [6.07, 6.45) is 9.33. The highest BCUT2D eigenvalue weighted by molar-refractivity contribution is 5.37. The Kier molecular flexibility index (Phi) is 5.11. The Morgan fingerprint density at radius 1 is 1.53 bits per heavy atom. The Balaban J connectivity index is 2.20. The average Bonchev–Trinajstić information content (AvgIpc) is 2.92. The van der Waals surface area contributed by atoms with Gasteiger partial charge in [-0.3, -0.25) is 0 Å². The molecular weight excluding hydrogens is 239 g/mol. The maximum Gasteiger partial charge on any atom is 0.122 e. The standard InChI is InChI=1S/C16H23FN2/c1-3-14(19-4-2)10-12-6-5-7-15(17)16(12)13-8-9-18-11-13/h3-4,7,13-14,18-19H,1-2,5-6,8-11H2/p+2/t13-,14-/m0/s1. The highest BCUT2D eigenvalue weighted by atomic mass is 19.1. The lowest BCUT2D eigenvalue weighted by Gasteiger charge is -2.22. The minimum Gasteiger partial charge on any atom is -0.346 e. The van der Waals surface area contributed by atoms with E-state index in [0.29, 0.717) is 5.92 Å². The summed E-state index contributed by atoms with van der Waals surface area (Å²) in [4.78, 5) is 0. The fraction of sp³-hybridized carbons (Fsp3) is 0.500. The molecule has 1 saturated heterocycles. The van der Waals surface area contributed by atoms with Crippen molar-refractivity contribution in [2.45, 2.75) is 31.7 Å². The molecule has 4 N–H and O–H groups in total. The normalized spacial score (nSPS) is 25.1. The van der Waals surface area contributed by atoms with Gasteiger partial charge in [0.05, 0.1) is 19.3 Å². The van der Waals surface area contributed by atoms with Crippen LogP contribution in [0.15, 0.2) is 48.5 Å². The molecule has 1 aliphatic heterocycles. The maximum absolute atomic E-state index is 14.2. The second kappa shape index (κ2) is 6.83. The lowest BCUT2D eigenvalue weighted by atomic mass is 9.84. The van der Waals surface area contributed by atoms with Crippen molar-refractivity contribution in [2.24, 2.45) is 5.92 Å². The first-order valence-corrected chi connectivity index (χ1v) is 7.24. The molecule has 0 aromatic rings. The molecule has 104 valence electrons. The van der Waals surface area contributed by atoms with Crippen LogP contribution in [0.3, 0.4) is 0 Å². The molecule has 0 bridgehead atoms. The van der Waals surface area contributed by atoms with E-state index in [-0.39, 0.29) is 11.9 Å². The molecule has 1 heterocycles. The number of rotatable bonds is 6. The molecule has 1 fully saturated rings. The summed E-state index contributed by atoms with van der Waals surface area (Å²) in [5.41, 5.74) is 2.30. The van der Waals surface area contributed by atoms with Gasteiger partial charge in [-0.1, -0.05) is 12.2 Å². The highest BCUT2D eigenvalue weighted by Gasteiger charge is 2.30. The van der Waals surface area contributed by atoms with E-state index in [0.717, 1.165) is 44.3 Å². The zero-order valence-electron chi connectivity index (χ0n) is 11.6. The van der Waals surface area contributed by atoms with Crippen molar-refractivity contribution in [2.75, 3.05) is 13.1 Å². The van der Waals surface area contributed by atoms with E-state index in [4.69, 9.17) is 0 Å². The van der Waals surface area contributed by atoms with Crippen LogP contribution < -0.4 is 10.6 Å². The van der Waals surface area contributed by atoms with Crippen LogP contribution in [0.25, 0.3) is 0 Å². The molecule has 2 rings (SSSR count). The van der Waals surface area contributed by atoms with Crippen LogP contribution >= 0.6 is 0 Å². The molecule has 2 nitrogen and oxygen atoms in total. The third-order valence-electron chi connectivity index (χ3n) is 4.15. The summed E-state index contributed by atoms with van der Waals surface area (Å²) in [7, 11) is 0. The predicted octanol–water partition coefficient (Wildman–Crippen LogP) is 1.17. The van der Waals surface area contributed by atoms with Crippen LogP contribution in [0, 0.1) is 5.92 Å². The molecule has 2 atom stereocenters. The van der Waals surface area contributed by atoms with E-state index >= 15 is 0 Å². The molecule has 0 aromatic carbocycles. The largest absolute Gasteiger partial charge is 0.346 e. The first kappa shape index (κ1) is 14.2. The van der Waals surface area contributed by atoms with Crippen molar-refractivity contribution in [3.05, 3.63) is 48.5 Å². The van der Waals surface area contributed by atoms with Gasteiger partial charge in [0.2, 0.25) is 0 Å². The number of hydrogen-bond acceptors (Lipinski definition) is 0. The summed E-state index contributed by atoms with van der Waals surface area (Å²) >= 11 is 0. The molecule has 0 saturated carbocycles. The Hall–Kier alpha value is -1.19. The van der Waals surface area contributed by atoms with Crippen molar-refractivity contribution < 1.29 is 15.0 Å². The number of nitrogens with two attached hydrogens (primary N) is 2. The molecule has 3 heteroatoms. The van der Waals surface area contributed by atoms with E-state index in [2.05, 4.69) is 23.8 Å². The van der Waals surface area contributed by atoms with E-state index in [1.165, 1.54) is 5.57 Å². The lowest BCUT2D eigenvalue weighted by Crippen LogP contribution is -2.83. The minimum absolute atomic E-state index is 0.0305. The number of quaternary nitrogens is 2. The predicted molar refractivity (Wildman–Crippen MR) is 75.9 cm³/mol. The van der Waals surface area contributed by atoms with Crippen LogP contribution in [-0.2, 0) is 0 Å². The van der Waals surface area contributed by atoms with Crippen molar-refractivity contribution in [1.82, 2.24) is 0 Å². The van der Waals surface area contributed by atoms with E-state index in [1.807, 2.05) is 12.3 Å². The van der Waals surface area contributed by atoms with E-state index < -0.39 is 0 Å². The van der Waals surface area contributed by atoms with Crippen LogP contribution in [0.1, 0.15) is 25.7 Å². The first-order chi connectivity index (χ1) is 9.26. The van der Waals surface area contributed by atoms with Gasteiger partial charge in [0.1, 0.15) is 11.9 Å². The summed E-state index contributed by atoms with van der Waals surface area (Å²) in [5, 5.41) is 4.34. The zero-order valence-corrected chi connectivity index (χ0v) is 11.6. The molecule has 0 amide bonds. The smallest absolute Gasteiger partial charge is 0.122 e. The van der Waals surface area contributed by atoms with Crippen LogP contribution in [0.2, 0.25) is 0 Å². The molecule has 19 heavy (non-hydrogen) atoms. The van der Waals surface area contributed by atoms with Gasteiger partial charge >= 0.3 is 0 Å². The molecule has 0 unspecified atom stereocenters. The average molecular weight is 264 g/mol. The Morgan fingerprint density at radius 2 is 2.37 bits per heavy atom. The fourth-order valence-electron chi connectivity index (χ4n) is 3.19. The Labute approximate surface area is 115 Å². The van der Waals surface area contributed by atoms with Crippen molar-refractivity contribution in [1.29, 1.82) is 0 Å². The van der Waals surface area contributed by atoms with Gasteiger partial charge in [-0.05, 0) is 37.1 Å². The molecular formula is C16H25FN2+2. The Bertz CT molecular complexity index is 403. The molecule has 1 aliphatic carbocycles. The third kappa shape index (κ3) is 3.43. The zero-order chi connectivity index (χ0) is 13.7. The van der Waals surface area contributed by atoms with Gasteiger partial charge in [-0.25, -0.2) is 4.39 Å². The van der Waals surface area contributed by atoms with Crippen molar-refractivity contribution in [3.63, 3.8) is 0 Å². The number of allylic oxidation sites excluding steroid dienone is 2. The highest BCUT2D eigenvalue weighted by Crippen LogP contribution is 2.35. The minimum atomic E-state index is 0.0305. The maximum atomic E-state index is 14.2. The third-order valence-corrected chi connectivity index (χ3v) is 4.15. The van der Waals surface area contributed by atoms with Gasteiger partial charge in [-0.15, -0.1) is 0 Å². The summed E-state index contributed by atoms with van der Waals surface area (Å²) in [6.45, 7) is 9.77. The monoisotopic (exact) mass is 264 g/mol. The van der Waals surface area contributed by atoms with E-state index in [1.54, 1.807) is 6.08 Å². The van der Waals surface area contributed by atoms with Gasteiger partial charge in [-0.2, -0.15) is 0 Å².